The number of para-hydroxylation sites is 1. The second-order valence-electron chi connectivity index (χ2n) is 5.78. The number of esters is 1. The molecule has 0 fully saturated rings. The van der Waals surface area contributed by atoms with Crippen molar-refractivity contribution in [2.75, 3.05) is 6.54 Å². The van der Waals surface area contributed by atoms with Crippen molar-refractivity contribution in [3.63, 3.8) is 0 Å². The molecule has 0 saturated carbocycles. The summed E-state index contributed by atoms with van der Waals surface area (Å²) in [6.07, 6.45) is 1.63. The Bertz CT molecular complexity index is 713. The van der Waals surface area contributed by atoms with Gasteiger partial charge in [0, 0.05) is 29.6 Å². The third kappa shape index (κ3) is 2.42. The van der Waals surface area contributed by atoms with Gasteiger partial charge in [-0.15, -0.1) is 0 Å². The topological polar surface area (TPSA) is 54.1 Å². The highest BCUT2D eigenvalue weighted by Gasteiger charge is 2.26. The fourth-order valence-electron chi connectivity index (χ4n) is 2.84. The predicted octanol–water partition coefficient (Wildman–Crippen LogP) is 3.17. The van der Waals surface area contributed by atoms with Crippen LogP contribution in [-0.2, 0) is 9.53 Å². The number of hydrogen-bond acceptors (Lipinski definition) is 3. The van der Waals surface area contributed by atoms with E-state index in [0.29, 0.717) is 11.5 Å². The first-order chi connectivity index (χ1) is 10.1. The molecule has 1 unspecified atom stereocenters. The number of benzene rings is 1. The van der Waals surface area contributed by atoms with E-state index < -0.39 is 0 Å². The summed E-state index contributed by atoms with van der Waals surface area (Å²) in [7, 11) is 0. The molecule has 2 aromatic rings. The molecular weight excluding hydrogens is 264 g/mol. The minimum absolute atomic E-state index is 0.132. The van der Waals surface area contributed by atoms with Crippen molar-refractivity contribution >= 4 is 22.4 Å². The third-order valence-corrected chi connectivity index (χ3v) is 3.74. The van der Waals surface area contributed by atoms with Gasteiger partial charge in [-0.1, -0.05) is 25.1 Å². The maximum absolute atomic E-state index is 12.4. The van der Waals surface area contributed by atoms with Gasteiger partial charge in [0.1, 0.15) is 0 Å². The molecule has 0 spiro atoms. The standard InChI is InChI=1S/C17H20N2O2/c1-10(2)21-17(20)13-9-18-8-11(3)15-12-6-4-5-7-14(12)19-16(13)15/h4-7,9-11,18-19H,8H2,1-3H3. The van der Waals surface area contributed by atoms with E-state index in [9.17, 15) is 4.79 Å². The number of ether oxygens (including phenoxy) is 1. The van der Waals surface area contributed by atoms with Crippen LogP contribution in [0.2, 0.25) is 0 Å². The van der Waals surface area contributed by atoms with E-state index in [1.165, 1.54) is 10.9 Å². The van der Waals surface area contributed by atoms with Crippen molar-refractivity contribution in [2.45, 2.75) is 32.8 Å². The van der Waals surface area contributed by atoms with Crippen LogP contribution in [0.4, 0.5) is 0 Å². The molecule has 0 saturated heterocycles. The van der Waals surface area contributed by atoms with Crippen molar-refractivity contribution in [1.82, 2.24) is 10.3 Å². The molecule has 2 heterocycles. The monoisotopic (exact) mass is 284 g/mol. The quantitative estimate of drug-likeness (QED) is 0.833. The number of carbonyl (C=O) groups excluding carboxylic acids is 1. The van der Waals surface area contributed by atoms with Crippen molar-refractivity contribution < 1.29 is 9.53 Å². The number of aromatic nitrogens is 1. The Morgan fingerprint density at radius 3 is 2.86 bits per heavy atom. The Hall–Kier alpha value is -2.23. The van der Waals surface area contributed by atoms with Gasteiger partial charge in [0.25, 0.3) is 0 Å². The van der Waals surface area contributed by atoms with Gasteiger partial charge < -0.3 is 15.0 Å². The SMILES string of the molecule is CC(C)OC(=O)C1=CNCC(C)c2c1[nH]c1ccccc21. The van der Waals surface area contributed by atoms with Crippen LogP contribution in [0.15, 0.2) is 30.5 Å². The highest BCUT2D eigenvalue weighted by molar-refractivity contribution is 6.17. The normalized spacial score (nSPS) is 17.9. The second-order valence-corrected chi connectivity index (χ2v) is 5.78. The maximum atomic E-state index is 12.4. The summed E-state index contributed by atoms with van der Waals surface area (Å²) in [5.41, 5.74) is 3.68. The largest absolute Gasteiger partial charge is 0.459 e. The summed E-state index contributed by atoms with van der Waals surface area (Å²) in [6, 6.07) is 8.15. The summed E-state index contributed by atoms with van der Waals surface area (Å²) < 4.78 is 5.37. The zero-order valence-corrected chi connectivity index (χ0v) is 12.6. The first-order valence-corrected chi connectivity index (χ1v) is 7.33. The third-order valence-electron chi connectivity index (χ3n) is 3.74. The lowest BCUT2D eigenvalue weighted by molar-refractivity contribution is -0.140. The van der Waals surface area contributed by atoms with E-state index in [-0.39, 0.29) is 12.1 Å². The minimum atomic E-state index is -0.292. The van der Waals surface area contributed by atoms with Gasteiger partial charge >= 0.3 is 5.97 Å². The lowest BCUT2D eigenvalue weighted by atomic mass is 9.96. The number of aromatic amines is 1. The highest BCUT2D eigenvalue weighted by atomic mass is 16.5. The fraction of sp³-hybridized carbons (Fsp3) is 0.353. The second kappa shape index (κ2) is 5.28. The summed E-state index contributed by atoms with van der Waals surface area (Å²) in [5, 5.41) is 4.39. The molecule has 0 aliphatic carbocycles. The van der Waals surface area contributed by atoms with Crippen LogP contribution in [0, 0.1) is 0 Å². The van der Waals surface area contributed by atoms with Crippen LogP contribution in [0.1, 0.15) is 37.9 Å². The molecule has 1 aliphatic heterocycles. The minimum Gasteiger partial charge on any atom is -0.459 e. The van der Waals surface area contributed by atoms with E-state index >= 15 is 0 Å². The highest BCUT2D eigenvalue weighted by Crippen LogP contribution is 2.34. The van der Waals surface area contributed by atoms with E-state index in [0.717, 1.165) is 17.8 Å². The van der Waals surface area contributed by atoms with Crippen LogP contribution < -0.4 is 5.32 Å². The molecule has 4 heteroatoms. The van der Waals surface area contributed by atoms with Crippen LogP contribution in [-0.4, -0.2) is 23.6 Å². The predicted molar refractivity (Wildman–Crippen MR) is 83.9 cm³/mol. The molecule has 0 bridgehead atoms. The molecule has 0 amide bonds. The van der Waals surface area contributed by atoms with Crippen molar-refractivity contribution in [1.29, 1.82) is 0 Å². The van der Waals surface area contributed by atoms with Crippen molar-refractivity contribution in [3.8, 4) is 0 Å². The van der Waals surface area contributed by atoms with Crippen LogP contribution >= 0.6 is 0 Å². The zero-order valence-electron chi connectivity index (χ0n) is 12.6. The first-order valence-electron chi connectivity index (χ1n) is 7.33. The molecule has 110 valence electrons. The average Bonchev–Trinajstić information content (AvgIpc) is 2.73. The number of fused-ring (bicyclic) bond motifs is 3. The maximum Gasteiger partial charge on any atom is 0.342 e. The van der Waals surface area contributed by atoms with Gasteiger partial charge in [0.2, 0.25) is 0 Å². The summed E-state index contributed by atoms with van der Waals surface area (Å²) in [4.78, 5) is 15.7. The van der Waals surface area contributed by atoms with Gasteiger partial charge in [-0.2, -0.15) is 0 Å². The van der Waals surface area contributed by atoms with Gasteiger partial charge in [0.15, 0.2) is 0 Å². The number of rotatable bonds is 2. The lowest BCUT2D eigenvalue weighted by Crippen LogP contribution is -2.15. The Morgan fingerprint density at radius 1 is 1.33 bits per heavy atom. The molecule has 3 rings (SSSR count). The molecule has 4 nitrogen and oxygen atoms in total. The number of carbonyl (C=O) groups is 1. The van der Waals surface area contributed by atoms with E-state index in [1.54, 1.807) is 6.20 Å². The fourth-order valence-corrected chi connectivity index (χ4v) is 2.84. The zero-order chi connectivity index (χ0) is 15.0. The van der Waals surface area contributed by atoms with Crippen LogP contribution in [0.5, 0.6) is 0 Å². The van der Waals surface area contributed by atoms with Gasteiger partial charge in [0.05, 0.1) is 17.4 Å². The Morgan fingerprint density at radius 2 is 2.10 bits per heavy atom. The summed E-state index contributed by atoms with van der Waals surface area (Å²) >= 11 is 0. The molecule has 1 atom stereocenters. The van der Waals surface area contributed by atoms with Gasteiger partial charge in [-0.05, 0) is 25.5 Å². The van der Waals surface area contributed by atoms with E-state index in [1.807, 2.05) is 32.0 Å². The molecule has 1 aliphatic rings. The molecule has 21 heavy (non-hydrogen) atoms. The lowest BCUT2D eigenvalue weighted by Gasteiger charge is -2.11. The van der Waals surface area contributed by atoms with Crippen molar-refractivity contribution in [3.05, 3.63) is 41.7 Å². The summed E-state index contributed by atoms with van der Waals surface area (Å²) in [5.74, 6) is 0.0242. The molecule has 1 aromatic heterocycles. The average molecular weight is 284 g/mol. The molecule has 1 aromatic carbocycles. The molecule has 0 radical (unpaired) electrons. The first kappa shape index (κ1) is 13.7. The number of nitrogens with one attached hydrogen (secondary N) is 2. The van der Waals surface area contributed by atoms with Crippen LogP contribution in [0.25, 0.3) is 16.5 Å². The Balaban J connectivity index is 2.15. The van der Waals surface area contributed by atoms with E-state index in [2.05, 4.69) is 23.3 Å². The van der Waals surface area contributed by atoms with Crippen molar-refractivity contribution in [2.24, 2.45) is 0 Å². The van der Waals surface area contributed by atoms with E-state index in [4.69, 9.17) is 4.74 Å². The molecule has 2 N–H and O–H groups in total. The number of H-pyrrole nitrogens is 1. The summed E-state index contributed by atoms with van der Waals surface area (Å²) in [6.45, 7) is 6.68. The Kier molecular flexibility index (Phi) is 3.45. The smallest absolute Gasteiger partial charge is 0.342 e. The van der Waals surface area contributed by atoms with Gasteiger partial charge in [-0.3, -0.25) is 0 Å². The number of hydrogen-bond donors (Lipinski definition) is 2. The molecular formula is C17H20N2O2. The van der Waals surface area contributed by atoms with Crippen LogP contribution in [0.3, 0.4) is 0 Å². The van der Waals surface area contributed by atoms with Gasteiger partial charge in [-0.25, -0.2) is 4.79 Å². The Labute approximate surface area is 124 Å².